The Labute approximate surface area is 169 Å². The van der Waals surface area contributed by atoms with Gasteiger partial charge in [-0.05, 0) is 36.2 Å². The van der Waals surface area contributed by atoms with E-state index < -0.39 is 11.8 Å². The number of carboxylic acid groups (broad SMARTS) is 1. The van der Waals surface area contributed by atoms with Crippen LogP contribution in [-0.4, -0.2) is 28.0 Å². The molecule has 0 aliphatic heterocycles. The number of carboxylic acids is 1. The number of hydrogen-bond acceptors (Lipinski definition) is 4. The van der Waals surface area contributed by atoms with E-state index in [-0.39, 0.29) is 18.7 Å². The highest BCUT2D eigenvalue weighted by atomic mass is 19.1. The van der Waals surface area contributed by atoms with E-state index in [2.05, 4.69) is 5.10 Å². The van der Waals surface area contributed by atoms with E-state index in [1.807, 2.05) is 32.0 Å². The maximum atomic E-state index is 14.0. The van der Waals surface area contributed by atoms with Gasteiger partial charge in [0.25, 0.3) is 0 Å². The van der Waals surface area contributed by atoms with Gasteiger partial charge in [-0.1, -0.05) is 26.0 Å². The Bertz CT molecular complexity index is 940. The van der Waals surface area contributed by atoms with Gasteiger partial charge in [0.15, 0.2) is 0 Å². The van der Waals surface area contributed by atoms with Gasteiger partial charge < -0.3 is 14.6 Å². The second-order valence-electron chi connectivity index (χ2n) is 5.94. The lowest BCUT2D eigenvalue weighted by molar-refractivity contribution is -0.136. The van der Waals surface area contributed by atoms with Gasteiger partial charge >= 0.3 is 5.97 Å². The first-order chi connectivity index (χ1) is 14.0. The van der Waals surface area contributed by atoms with Crippen LogP contribution in [0.15, 0.2) is 54.9 Å². The summed E-state index contributed by atoms with van der Waals surface area (Å²) in [4.78, 5) is 10.7. The van der Waals surface area contributed by atoms with Crippen molar-refractivity contribution in [1.29, 1.82) is 0 Å². The lowest BCUT2D eigenvalue weighted by Crippen LogP contribution is -2.00. The summed E-state index contributed by atoms with van der Waals surface area (Å²) in [5.41, 5.74) is 1.95. The molecule has 0 atom stereocenters. The molecule has 0 aliphatic rings. The number of hydrogen-bond donors (Lipinski definition) is 1. The van der Waals surface area contributed by atoms with E-state index in [9.17, 15) is 9.18 Å². The molecule has 0 unspecified atom stereocenters. The second-order valence-corrected chi connectivity index (χ2v) is 5.94. The maximum absolute atomic E-state index is 14.0. The quantitative estimate of drug-likeness (QED) is 0.596. The van der Waals surface area contributed by atoms with E-state index in [0.29, 0.717) is 17.9 Å². The molecule has 2 aromatic carbocycles. The molecule has 6 nitrogen and oxygen atoms in total. The lowest BCUT2D eigenvalue weighted by atomic mass is 10.1. The predicted octanol–water partition coefficient (Wildman–Crippen LogP) is 4.64. The molecular weight excluding hydrogens is 375 g/mol. The molecule has 154 valence electrons. The topological polar surface area (TPSA) is 73.6 Å². The third-order valence-corrected chi connectivity index (χ3v) is 3.97. The zero-order chi connectivity index (χ0) is 21.2. The lowest BCUT2D eigenvalue weighted by Gasteiger charge is -2.07. The number of aryl methyl sites for hydroxylation is 1. The highest BCUT2D eigenvalue weighted by Crippen LogP contribution is 2.21. The zero-order valence-electron chi connectivity index (χ0n) is 16.8. The number of aromatic nitrogens is 2. The minimum atomic E-state index is -0.835. The van der Waals surface area contributed by atoms with Crippen LogP contribution in [0.25, 0.3) is 5.69 Å². The van der Waals surface area contributed by atoms with Crippen molar-refractivity contribution in [2.45, 2.75) is 33.3 Å². The van der Waals surface area contributed by atoms with Crippen LogP contribution in [0.4, 0.5) is 4.39 Å². The van der Waals surface area contributed by atoms with E-state index in [0.717, 1.165) is 11.1 Å². The Morgan fingerprint density at radius 3 is 2.66 bits per heavy atom. The van der Waals surface area contributed by atoms with E-state index in [1.165, 1.54) is 17.9 Å². The molecule has 0 saturated heterocycles. The van der Waals surface area contributed by atoms with Crippen LogP contribution in [0, 0.1) is 5.82 Å². The first-order valence-corrected chi connectivity index (χ1v) is 9.36. The highest BCUT2D eigenvalue weighted by Gasteiger charge is 2.09. The summed E-state index contributed by atoms with van der Waals surface area (Å²) in [5, 5.41) is 12.9. The largest absolute Gasteiger partial charge is 0.497 e. The highest BCUT2D eigenvalue weighted by molar-refractivity contribution is 5.67. The minimum absolute atomic E-state index is 0.0718. The zero-order valence-corrected chi connectivity index (χ0v) is 16.8. The summed E-state index contributed by atoms with van der Waals surface area (Å²) in [6, 6.07) is 11.7. The van der Waals surface area contributed by atoms with Crippen molar-refractivity contribution in [2.24, 2.45) is 0 Å². The van der Waals surface area contributed by atoms with Crippen molar-refractivity contribution in [3.63, 3.8) is 0 Å². The van der Waals surface area contributed by atoms with Gasteiger partial charge in [-0.15, -0.1) is 0 Å². The van der Waals surface area contributed by atoms with Crippen LogP contribution in [0.3, 0.4) is 0 Å². The SMILES string of the molecule is CC.COc1ccc(F)c(-n2cc(COc3cccc(CCC(=O)O)c3)cn2)c1. The molecule has 29 heavy (non-hydrogen) atoms. The Hall–Kier alpha value is -3.35. The van der Waals surface area contributed by atoms with E-state index in [1.54, 1.807) is 30.6 Å². The van der Waals surface area contributed by atoms with Crippen LogP contribution in [0.1, 0.15) is 31.4 Å². The van der Waals surface area contributed by atoms with Gasteiger partial charge in [0.05, 0.1) is 13.3 Å². The normalized spacial score (nSPS) is 10.1. The summed E-state index contributed by atoms with van der Waals surface area (Å²) in [6.45, 7) is 4.26. The summed E-state index contributed by atoms with van der Waals surface area (Å²) >= 11 is 0. The first kappa shape index (κ1) is 21.9. The number of rotatable bonds is 8. The molecule has 0 amide bonds. The van der Waals surface area contributed by atoms with Gasteiger partial charge in [-0.25, -0.2) is 9.07 Å². The molecule has 1 aromatic heterocycles. The number of ether oxygens (including phenoxy) is 2. The third-order valence-electron chi connectivity index (χ3n) is 3.97. The van der Waals surface area contributed by atoms with Crippen molar-refractivity contribution >= 4 is 5.97 Å². The number of methoxy groups -OCH3 is 1. The Morgan fingerprint density at radius 2 is 1.93 bits per heavy atom. The molecule has 1 N–H and O–H groups in total. The smallest absolute Gasteiger partial charge is 0.303 e. The molecule has 3 rings (SSSR count). The van der Waals surface area contributed by atoms with E-state index >= 15 is 0 Å². The van der Waals surface area contributed by atoms with Crippen LogP contribution < -0.4 is 9.47 Å². The number of carbonyl (C=O) groups is 1. The van der Waals surface area contributed by atoms with Crippen molar-refractivity contribution in [3.8, 4) is 17.2 Å². The van der Waals surface area contributed by atoms with Crippen LogP contribution in [0.5, 0.6) is 11.5 Å². The van der Waals surface area contributed by atoms with Crippen molar-refractivity contribution in [1.82, 2.24) is 9.78 Å². The summed E-state index contributed by atoms with van der Waals surface area (Å²) in [6.07, 6.45) is 3.81. The number of nitrogens with zero attached hydrogens (tertiary/aromatic N) is 2. The Kier molecular flexibility index (Phi) is 8.21. The van der Waals surface area contributed by atoms with Crippen molar-refractivity contribution in [2.75, 3.05) is 7.11 Å². The van der Waals surface area contributed by atoms with Gasteiger partial charge in [-0.2, -0.15) is 5.10 Å². The van der Waals surface area contributed by atoms with Crippen LogP contribution in [-0.2, 0) is 17.8 Å². The molecule has 0 fully saturated rings. The number of benzene rings is 2. The maximum Gasteiger partial charge on any atom is 0.303 e. The Balaban J connectivity index is 0.00000145. The average Bonchev–Trinajstić information content (AvgIpc) is 3.22. The summed E-state index contributed by atoms with van der Waals surface area (Å²) < 4.78 is 26.3. The van der Waals surface area contributed by atoms with Gasteiger partial charge in [0.2, 0.25) is 0 Å². The van der Waals surface area contributed by atoms with Gasteiger partial charge in [0, 0.05) is 24.2 Å². The predicted molar refractivity (Wildman–Crippen MR) is 108 cm³/mol. The minimum Gasteiger partial charge on any atom is -0.497 e. The van der Waals surface area contributed by atoms with E-state index in [4.69, 9.17) is 14.6 Å². The van der Waals surface area contributed by atoms with Crippen LogP contribution in [0.2, 0.25) is 0 Å². The first-order valence-electron chi connectivity index (χ1n) is 9.36. The molecular formula is C22H25FN2O4. The fraction of sp³-hybridized carbons (Fsp3) is 0.273. The fourth-order valence-corrected chi connectivity index (χ4v) is 2.57. The molecule has 0 bridgehead atoms. The van der Waals surface area contributed by atoms with Gasteiger partial charge in [0.1, 0.15) is 29.6 Å². The number of halogens is 1. The standard InChI is InChI=1S/C20H19FN2O4.C2H6/c1-26-16-6-7-18(21)19(10-16)23-12-15(11-22-23)13-27-17-4-2-3-14(9-17)5-8-20(24)25;1-2/h2-4,6-7,9-12H,5,8,13H2,1H3,(H,24,25);1-2H3. The Morgan fingerprint density at radius 1 is 1.14 bits per heavy atom. The molecule has 0 radical (unpaired) electrons. The molecule has 0 saturated carbocycles. The van der Waals surface area contributed by atoms with Gasteiger partial charge in [-0.3, -0.25) is 4.79 Å². The van der Waals surface area contributed by atoms with Crippen LogP contribution >= 0.6 is 0 Å². The van der Waals surface area contributed by atoms with Crippen molar-refractivity contribution < 1.29 is 23.8 Å². The average molecular weight is 400 g/mol. The molecule has 1 heterocycles. The summed E-state index contributed by atoms with van der Waals surface area (Å²) in [7, 11) is 1.52. The molecule has 3 aromatic rings. The summed E-state index contributed by atoms with van der Waals surface area (Å²) in [5.74, 6) is -0.0629. The second kappa shape index (κ2) is 10.8. The monoisotopic (exact) mass is 400 g/mol. The number of aliphatic carboxylic acids is 1. The fourth-order valence-electron chi connectivity index (χ4n) is 2.57. The molecule has 0 spiro atoms. The third kappa shape index (κ3) is 6.34. The molecule has 7 heteroatoms. The van der Waals surface area contributed by atoms with Crippen molar-refractivity contribution in [3.05, 3.63) is 71.8 Å². The molecule has 0 aliphatic carbocycles.